The number of rotatable bonds is 6. The number of hydrogen-bond acceptors (Lipinski definition) is 3. The first kappa shape index (κ1) is 17.0. The summed E-state index contributed by atoms with van der Waals surface area (Å²) < 4.78 is 5.51. The molecular weight excluding hydrogens is 254 g/mol. The van der Waals surface area contributed by atoms with Crippen LogP contribution in [0.3, 0.4) is 0 Å². The molecule has 116 valence electrons. The molecule has 0 aromatic heterocycles. The molecular formula is C16H29NO3. The third-order valence-corrected chi connectivity index (χ3v) is 3.77. The van der Waals surface area contributed by atoms with Crippen molar-refractivity contribution < 1.29 is 14.3 Å². The van der Waals surface area contributed by atoms with Gasteiger partial charge in [-0.1, -0.05) is 19.8 Å². The minimum Gasteiger partial charge on any atom is -0.444 e. The van der Waals surface area contributed by atoms with E-state index in [1.807, 2.05) is 27.7 Å². The molecule has 0 aromatic carbocycles. The summed E-state index contributed by atoms with van der Waals surface area (Å²) in [5.74, 6) is 0.444. The Kier molecular flexibility index (Phi) is 6.50. The zero-order valence-corrected chi connectivity index (χ0v) is 13.4. The Bertz CT molecular complexity index is 316. The van der Waals surface area contributed by atoms with Gasteiger partial charge in [0.05, 0.1) is 0 Å². The lowest BCUT2D eigenvalue weighted by Gasteiger charge is -2.35. The van der Waals surface area contributed by atoms with Crippen molar-refractivity contribution in [1.29, 1.82) is 0 Å². The van der Waals surface area contributed by atoms with Crippen molar-refractivity contribution in [3.8, 4) is 0 Å². The molecule has 0 heterocycles. The molecule has 1 aliphatic rings. The molecule has 0 spiro atoms. The molecule has 1 saturated carbocycles. The molecule has 1 fully saturated rings. The molecule has 1 atom stereocenters. The number of carbonyl (C=O) groups is 2. The van der Waals surface area contributed by atoms with Crippen LogP contribution in [0.4, 0.5) is 4.79 Å². The Labute approximate surface area is 122 Å². The summed E-state index contributed by atoms with van der Waals surface area (Å²) in [5, 5.41) is 0. The van der Waals surface area contributed by atoms with E-state index >= 15 is 0 Å². The van der Waals surface area contributed by atoms with Crippen LogP contribution < -0.4 is 0 Å². The third kappa shape index (κ3) is 5.14. The highest BCUT2D eigenvalue weighted by Gasteiger charge is 2.34. The van der Waals surface area contributed by atoms with Gasteiger partial charge in [0.1, 0.15) is 11.9 Å². The van der Waals surface area contributed by atoms with Gasteiger partial charge in [-0.3, -0.25) is 0 Å². The Morgan fingerprint density at radius 2 is 1.95 bits per heavy atom. The second kappa shape index (κ2) is 7.65. The lowest BCUT2D eigenvalue weighted by Crippen LogP contribution is -2.47. The van der Waals surface area contributed by atoms with Gasteiger partial charge in [-0.25, -0.2) is 4.79 Å². The Morgan fingerprint density at radius 3 is 2.40 bits per heavy atom. The molecule has 0 saturated heterocycles. The molecule has 1 amide bonds. The van der Waals surface area contributed by atoms with Crippen molar-refractivity contribution >= 4 is 12.4 Å². The van der Waals surface area contributed by atoms with E-state index < -0.39 is 5.60 Å². The maximum Gasteiger partial charge on any atom is 0.410 e. The molecule has 0 N–H and O–H groups in total. The van der Waals surface area contributed by atoms with Crippen molar-refractivity contribution in [2.75, 3.05) is 6.54 Å². The van der Waals surface area contributed by atoms with Gasteiger partial charge in [0.15, 0.2) is 0 Å². The van der Waals surface area contributed by atoms with E-state index in [4.69, 9.17) is 4.74 Å². The van der Waals surface area contributed by atoms with Gasteiger partial charge in [0.2, 0.25) is 0 Å². The summed E-state index contributed by atoms with van der Waals surface area (Å²) in [5.41, 5.74) is -0.496. The predicted molar refractivity (Wildman–Crippen MR) is 79.7 cm³/mol. The molecule has 4 heteroatoms. The number of amides is 1. The highest BCUT2D eigenvalue weighted by Crippen LogP contribution is 2.32. The minimum atomic E-state index is -0.496. The molecule has 1 aliphatic carbocycles. The van der Waals surface area contributed by atoms with E-state index in [0.29, 0.717) is 18.9 Å². The second-order valence-electron chi connectivity index (χ2n) is 6.69. The molecule has 20 heavy (non-hydrogen) atoms. The average Bonchev–Trinajstić information content (AvgIpc) is 2.85. The Balaban J connectivity index is 2.82. The fourth-order valence-electron chi connectivity index (χ4n) is 2.97. The van der Waals surface area contributed by atoms with Crippen LogP contribution in [0.5, 0.6) is 0 Å². The number of ether oxygens (including phenoxy) is 1. The normalized spacial score (nSPS) is 17.8. The van der Waals surface area contributed by atoms with Crippen molar-refractivity contribution in [2.24, 2.45) is 5.92 Å². The van der Waals surface area contributed by atoms with Crippen molar-refractivity contribution in [3.05, 3.63) is 0 Å². The zero-order valence-electron chi connectivity index (χ0n) is 13.4. The van der Waals surface area contributed by atoms with E-state index in [0.717, 1.165) is 25.5 Å². The standard InChI is InChI=1S/C16H29NO3/c1-5-11-17(15(19)20-16(2,3)4)14(10-12-18)13-8-6-7-9-13/h12-14H,5-11H2,1-4H3. The molecule has 0 aromatic rings. The van der Waals surface area contributed by atoms with Gasteiger partial charge < -0.3 is 14.4 Å². The maximum absolute atomic E-state index is 12.4. The van der Waals surface area contributed by atoms with Crippen LogP contribution >= 0.6 is 0 Å². The number of hydrogen-bond donors (Lipinski definition) is 0. The topological polar surface area (TPSA) is 46.6 Å². The van der Waals surface area contributed by atoms with Gasteiger partial charge in [-0.2, -0.15) is 0 Å². The summed E-state index contributed by atoms with van der Waals surface area (Å²) in [4.78, 5) is 25.2. The van der Waals surface area contributed by atoms with Crippen LogP contribution in [0.15, 0.2) is 0 Å². The molecule has 1 unspecified atom stereocenters. The first-order valence-electron chi connectivity index (χ1n) is 7.82. The van der Waals surface area contributed by atoms with E-state index in [1.165, 1.54) is 12.8 Å². The van der Waals surface area contributed by atoms with Crippen LogP contribution in [-0.2, 0) is 9.53 Å². The maximum atomic E-state index is 12.4. The summed E-state index contributed by atoms with van der Waals surface area (Å²) in [6, 6.07) is 0.00444. The molecule has 0 radical (unpaired) electrons. The van der Waals surface area contributed by atoms with Gasteiger partial charge in [0, 0.05) is 19.0 Å². The lowest BCUT2D eigenvalue weighted by molar-refractivity contribution is -0.109. The van der Waals surface area contributed by atoms with Gasteiger partial charge in [-0.05, 0) is 46.0 Å². The zero-order chi connectivity index (χ0) is 15.2. The summed E-state index contributed by atoms with van der Waals surface area (Å²) in [6.45, 7) is 8.33. The largest absolute Gasteiger partial charge is 0.444 e. The molecule has 4 nitrogen and oxygen atoms in total. The Hall–Kier alpha value is -1.06. The SMILES string of the molecule is CCCN(C(=O)OC(C)(C)C)C(CC=O)C1CCCC1. The van der Waals surface area contributed by atoms with E-state index in [2.05, 4.69) is 0 Å². The summed E-state index contributed by atoms with van der Waals surface area (Å²) in [7, 11) is 0. The molecule has 0 aliphatic heterocycles. The second-order valence-corrected chi connectivity index (χ2v) is 6.69. The number of aldehydes is 1. The fourth-order valence-corrected chi connectivity index (χ4v) is 2.97. The van der Waals surface area contributed by atoms with Crippen LogP contribution in [0.1, 0.15) is 66.2 Å². The van der Waals surface area contributed by atoms with E-state index in [9.17, 15) is 9.59 Å². The van der Waals surface area contributed by atoms with E-state index in [-0.39, 0.29) is 12.1 Å². The summed E-state index contributed by atoms with van der Waals surface area (Å²) in [6.07, 6.45) is 6.59. The fraction of sp³-hybridized carbons (Fsp3) is 0.875. The number of carbonyl (C=O) groups excluding carboxylic acids is 2. The monoisotopic (exact) mass is 283 g/mol. The molecule has 0 bridgehead atoms. The van der Waals surface area contributed by atoms with Gasteiger partial charge >= 0.3 is 6.09 Å². The van der Waals surface area contributed by atoms with Gasteiger partial charge in [-0.15, -0.1) is 0 Å². The van der Waals surface area contributed by atoms with Crippen LogP contribution in [0.25, 0.3) is 0 Å². The first-order chi connectivity index (χ1) is 9.39. The minimum absolute atomic E-state index is 0.00444. The van der Waals surface area contributed by atoms with Gasteiger partial charge in [0.25, 0.3) is 0 Å². The predicted octanol–water partition coefficient (Wildman–Crippen LogP) is 3.78. The van der Waals surface area contributed by atoms with Crippen LogP contribution in [0, 0.1) is 5.92 Å². The number of nitrogens with zero attached hydrogens (tertiary/aromatic N) is 1. The summed E-state index contributed by atoms with van der Waals surface area (Å²) >= 11 is 0. The van der Waals surface area contributed by atoms with Crippen molar-refractivity contribution in [2.45, 2.75) is 77.9 Å². The highest BCUT2D eigenvalue weighted by atomic mass is 16.6. The average molecular weight is 283 g/mol. The highest BCUT2D eigenvalue weighted by molar-refractivity contribution is 5.69. The third-order valence-electron chi connectivity index (χ3n) is 3.77. The van der Waals surface area contributed by atoms with Crippen molar-refractivity contribution in [1.82, 2.24) is 4.90 Å². The molecule has 1 rings (SSSR count). The van der Waals surface area contributed by atoms with E-state index in [1.54, 1.807) is 4.90 Å². The quantitative estimate of drug-likeness (QED) is 0.697. The lowest BCUT2D eigenvalue weighted by atomic mass is 9.94. The van der Waals surface area contributed by atoms with Crippen molar-refractivity contribution in [3.63, 3.8) is 0 Å². The van der Waals surface area contributed by atoms with Crippen LogP contribution in [0.2, 0.25) is 0 Å². The first-order valence-corrected chi connectivity index (χ1v) is 7.82. The van der Waals surface area contributed by atoms with Crippen LogP contribution in [-0.4, -0.2) is 35.5 Å². The Morgan fingerprint density at radius 1 is 1.35 bits per heavy atom. The smallest absolute Gasteiger partial charge is 0.410 e.